The summed E-state index contributed by atoms with van der Waals surface area (Å²) in [6, 6.07) is 17.2. The van der Waals surface area contributed by atoms with E-state index in [1.807, 2.05) is 32.0 Å². The molecule has 0 saturated heterocycles. The van der Waals surface area contributed by atoms with Crippen LogP contribution in [-0.4, -0.2) is 42.4 Å². The topological polar surface area (TPSA) is 90.5 Å². The van der Waals surface area contributed by atoms with Gasteiger partial charge in [-0.3, -0.25) is 9.59 Å². The monoisotopic (exact) mass is 444 g/mol. The van der Waals surface area contributed by atoms with Gasteiger partial charge in [-0.25, -0.2) is 4.98 Å². The van der Waals surface area contributed by atoms with Crippen LogP contribution in [0.3, 0.4) is 0 Å². The maximum absolute atomic E-state index is 13.1. The lowest BCUT2D eigenvalue weighted by Crippen LogP contribution is -2.42. The molecule has 33 heavy (non-hydrogen) atoms. The molecule has 8 nitrogen and oxygen atoms in total. The predicted molar refractivity (Wildman–Crippen MR) is 130 cm³/mol. The highest BCUT2D eigenvalue weighted by Gasteiger charge is 2.39. The molecule has 2 N–H and O–H groups in total. The van der Waals surface area contributed by atoms with E-state index in [-0.39, 0.29) is 11.8 Å². The summed E-state index contributed by atoms with van der Waals surface area (Å²) in [6.45, 7) is 5.05. The van der Waals surface area contributed by atoms with E-state index in [2.05, 4.69) is 32.7 Å². The first-order chi connectivity index (χ1) is 15.8. The summed E-state index contributed by atoms with van der Waals surface area (Å²) in [4.78, 5) is 37.9. The molecular formula is C25H28N6O2. The number of hydrogen-bond acceptors (Lipinski definition) is 6. The number of anilines is 4. The molecule has 0 spiro atoms. The summed E-state index contributed by atoms with van der Waals surface area (Å²) < 4.78 is 0. The fraction of sp³-hybridized carbons (Fsp3) is 0.280. The van der Waals surface area contributed by atoms with Gasteiger partial charge in [-0.2, -0.15) is 4.98 Å². The van der Waals surface area contributed by atoms with Crippen LogP contribution < -0.4 is 20.4 Å². The molecule has 2 aromatic carbocycles. The molecule has 3 aromatic rings. The minimum Gasteiger partial charge on any atom is -0.355 e. The number of rotatable bonds is 5. The van der Waals surface area contributed by atoms with Gasteiger partial charge in [0, 0.05) is 38.4 Å². The first kappa shape index (κ1) is 22.3. The number of carbonyl (C=O) groups is 2. The average molecular weight is 445 g/mol. The Morgan fingerprint density at radius 3 is 2.45 bits per heavy atom. The van der Waals surface area contributed by atoms with E-state index in [1.165, 1.54) is 0 Å². The largest absolute Gasteiger partial charge is 0.355 e. The Morgan fingerprint density at radius 1 is 1.09 bits per heavy atom. The lowest BCUT2D eigenvalue weighted by molar-refractivity contribution is -0.125. The molecule has 0 radical (unpaired) electrons. The highest BCUT2D eigenvalue weighted by molar-refractivity contribution is 6.00. The van der Waals surface area contributed by atoms with Gasteiger partial charge in [0.25, 0.3) is 5.91 Å². The van der Waals surface area contributed by atoms with Gasteiger partial charge in [-0.05, 0) is 43.7 Å². The minimum atomic E-state index is -0.590. The van der Waals surface area contributed by atoms with Gasteiger partial charge in [0.15, 0.2) is 5.82 Å². The van der Waals surface area contributed by atoms with E-state index in [9.17, 15) is 9.59 Å². The molecule has 0 fully saturated rings. The SMILES string of the molecule is CNC(=O)c1ccc(Nc2ncc3c(n2)N(Cc2ccccc2)CC(C)(C)C(=O)N3C)cc1. The van der Waals surface area contributed by atoms with Gasteiger partial charge in [0.05, 0.1) is 11.6 Å². The zero-order valence-corrected chi connectivity index (χ0v) is 19.3. The predicted octanol–water partition coefficient (Wildman–Crippen LogP) is 3.59. The van der Waals surface area contributed by atoms with Gasteiger partial charge in [0.1, 0.15) is 5.69 Å². The van der Waals surface area contributed by atoms with Crippen LogP contribution in [-0.2, 0) is 11.3 Å². The van der Waals surface area contributed by atoms with Gasteiger partial charge in [0.2, 0.25) is 11.9 Å². The summed E-state index contributed by atoms with van der Waals surface area (Å²) >= 11 is 0. The molecule has 8 heteroatoms. The second kappa shape index (κ2) is 8.90. The quantitative estimate of drug-likeness (QED) is 0.625. The average Bonchev–Trinajstić information content (AvgIpc) is 2.89. The van der Waals surface area contributed by atoms with Crippen LogP contribution in [0.15, 0.2) is 60.8 Å². The van der Waals surface area contributed by atoms with Crippen LogP contribution in [0.5, 0.6) is 0 Å². The van der Waals surface area contributed by atoms with Crippen molar-refractivity contribution in [1.29, 1.82) is 0 Å². The van der Waals surface area contributed by atoms with Gasteiger partial charge < -0.3 is 20.4 Å². The normalized spacial score (nSPS) is 15.0. The molecule has 170 valence electrons. The molecule has 0 saturated carbocycles. The van der Waals surface area contributed by atoms with Crippen molar-refractivity contribution < 1.29 is 9.59 Å². The van der Waals surface area contributed by atoms with Crippen LogP contribution in [0.25, 0.3) is 0 Å². The maximum atomic E-state index is 13.1. The van der Waals surface area contributed by atoms with Crippen LogP contribution in [0.2, 0.25) is 0 Å². The van der Waals surface area contributed by atoms with Crippen LogP contribution in [0.4, 0.5) is 23.1 Å². The number of hydrogen-bond donors (Lipinski definition) is 2. The molecule has 2 heterocycles. The third kappa shape index (κ3) is 4.64. The molecule has 0 bridgehead atoms. The smallest absolute Gasteiger partial charge is 0.251 e. The van der Waals surface area contributed by atoms with Crippen molar-refractivity contribution in [2.75, 3.05) is 35.8 Å². The fourth-order valence-electron chi connectivity index (χ4n) is 3.99. The van der Waals surface area contributed by atoms with E-state index < -0.39 is 5.41 Å². The molecule has 0 atom stereocenters. The van der Waals surface area contributed by atoms with Crippen molar-refractivity contribution in [3.05, 3.63) is 71.9 Å². The van der Waals surface area contributed by atoms with Crippen molar-refractivity contribution >= 4 is 35.0 Å². The zero-order chi connectivity index (χ0) is 23.6. The van der Waals surface area contributed by atoms with Crippen molar-refractivity contribution in [3.63, 3.8) is 0 Å². The second-order valence-electron chi connectivity index (χ2n) is 8.77. The molecule has 0 aliphatic carbocycles. The molecule has 1 aliphatic heterocycles. The zero-order valence-electron chi connectivity index (χ0n) is 19.3. The molecule has 1 aromatic heterocycles. The summed E-state index contributed by atoms with van der Waals surface area (Å²) in [5.41, 5.74) is 2.54. The number of carbonyl (C=O) groups excluding carboxylic acids is 2. The number of amides is 2. The third-order valence-corrected chi connectivity index (χ3v) is 5.73. The molecule has 0 unspecified atom stereocenters. The highest BCUT2D eigenvalue weighted by atomic mass is 16.2. The number of aromatic nitrogens is 2. The Morgan fingerprint density at radius 2 is 1.79 bits per heavy atom. The third-order valence-electron chi connectivity index (χ3n) is 5.73. The lowest BCUT2D eigenvalue weighted by Gasteiger charge is -2.29. The number of nitrogens with zero attached hydrogens (tertiary/aromatic N) is 4. The minimum absolute atomic E-state index is 0.0217. The van der Waals surface area contributed by atoms with Crippen LogP contribution >= 0.6 is 0 Å². The van der Waals surface area contributed by atoms with E-state index >= 15 is 0 Å². The van der Waals surface area contributed by atoms with E-state index in [0.717, 1.165) is 11.3 Å². The van der Waals surface area contributed by atoms with Crippen molar-refractivity contribution in [3.8, 4) is 0 Å². The van der Waals surface area contributed by atoms with Crippen molar-refractivity contribution in [2.24, 2.45) is 5.41 Å². The summed E-state index contributed by atoms with van der Waals surface area (Å²) in [5, 5.41) is 5.81. The van der Waals surface area contributed by atoms with Crippen molar-refractivity contribution in [1.82, 2.24) is 15.3 Å². The Hall–Kier alpha value is -3.94. The molecule has 1 aliphatic rings. The molecular weight excluding hydrogens is 416 g/mol. The second-order valence-corrected chi connectivity index (χ2v) is 8.77. The number of benzene rings is 2. The first-order valence-electron chi connectivity index (χ1n) is 10.8. The number of nitrogens with one attached hydrogen (secondary N) is 2. The molecule has 4 rings (SSSR count). The molecule has 2 amide bonds. The van der Waals surface area contributed by atoms with Gasteiger partial charge in [-0.1, -0.05) is 30.3 Å². The summed E-state index contributed by atoms with van der Waals surface area (Å²) in [6.07, 6.45) is 1.68. The van der Waals surface area contributed by atoms with E-state index in [4.69, 9.17) is 4.98 Å². The van der Waals surface area contributed by atoms with Gasteiger partial charge >= 0.3 is 0 Å². The standard InChI is InChI=1S/C25H28N6O2/c1-25(2)16-31(15-17-8-6-5-7-9-17)21-20(30(4)23(25)33)14-27-24(29-21)28-19-12-10-18(11-13-19)22(32)26-3/h5-14H,15-16H2,1-4H3,(H,26,32)(H,27,28,29). The summed E-state index contributed by atoms with van der Waals surface area (Å²) in [7, 11) is 3.37. The van der Waals surface area contributed by atoms with E-state index in [1.54, 1.807) is 49.5 Å². The fourth-order valence-corrected chi connectivity index (χ4v) is 3.99. The Labute approximate surface area is 193 Å². The summed E-state index contributed by atoms with van der Waals surface area (Å²) in [5.74, 6) is 0.989. The van der Waals surface area contributed by atoms with E-state index in [0.29, 0.717) is 36.1 Å². The van der Waals surface area contributed by atoms with Crippen LogP contribution in [0.1, 0.15) is 29.8 Å². The Balaban J connectivity index is 1.68. The van der Waals surface area contributed by atoms with Gasteiger partial charge in [-0.15, -0.1) is 0 Å². The maximum Gasteiger partial charge on any atom is 0.251 e. The van der Waals surface area contributed by atoms with Crippen molar-refractivity contribution in [2.45, 2.75) is 20.4 Å². The highest BCUT2D eigenvalue weighted by Crippen LogP contribution is 2.37. The lowest BCUT2D eigenvalue weighted by atomic mass is 9.91. The Bertz CT molecular complexity index is 1160. The first-order valence-corrected chi connectivity index (χ1v) is 10.8. The Kier molecular flexibility index (Phi) is 6.00. The number of fused-ring (bicyclic) bond motifs is 1. The van der Waals surface area contributed by atoms with Crippen LogP contribution in [0, 0.1) is 5.41 Å².